The number of fused-ring (bicyclic) bond motifs is 4. The Kier molecular flexibility index (Phi) is 4.57. The minimum atomic E-state index is -2.20. The first-order valence-corrected chi connectivity index (χ1v) is 12.5. The van der Waals surface area contributed by atoms with E-state index in [2.05, 4.69) is 17.1 Å². The van der Waals surface area contributed by atoms with Gasteiger partial charge in [-0.25, -0.2) is 22.0 Å². The van der Waals surface area contributed by atoms with Crippen LogP contribution in [0.3, 0.4) is 0 Å². The lowest BCUT2D eigenvalue weighted by Gasteiger charge is -2.16. The summed E-state index contributed by atoms with van der Waals surface area (Å²) < 4.78 is 74.1. The summed E-state index contributed by atoms with van der Waals surface area (Å²) in [5, 5.41) is 6.74. The smallest absolute Gasteiger partial charge is 0.200 e. The SMILES string of the molecule is Fc1c(F)c(F)c(-n2c3ccncc3c3c4ccc5ccc(-c6ccccc6)c6ccc(cc32)c4c56)c(F)c1F. The van der Waals surface area contributed by atoms with Crippen LogP contribution in [0.25, 0.3) is 70.9 Å². The van der Waals surface area contributed by atoms with Crippen LogP contribution in [0.15, 0.2) is 91.3 Å². The van der Waals surface area contributed by atoms with E-state index in [0.29, 0.717) is 16.3 Å². The predicted molar refractivity (Wildman–Crippen MR) is 148 cm³/mol. The molecule has 7 heteroatoms. The van der Waals surface area contributed by atoms with Crippen molar-refractivity contribution in [1.29, 1.82) is 0 Å². The zero-order chi connectivity index (χ0) is 27.3. The van der Waals surface area contributed by atoms with Crippen molar-refractivity contribution < 1.29 is 22.0 Å². The van der Waals surface area contributed by atoms with Gasteiger partial charge in [-0.1, -0.05) is 66.7 Å². The van der Waals surface area contributed by atoms with Crippen LogP contribution in [0.2, 0.25) is 0 Å². The topological polar surface area (TPSA) is 17.8 Å². The van der Waals surface area contributed by atoms with E-state index in [1.165, 1.54) is 12.3 Å². The summed E-state index contributed by atoms with van der Waals surface area (Å²) in [6.07, 6.45) is 2.97. The molecule has 0 fully saturated rings. The molecule has 192 valence electrons. The van der Waals surface area contributed by atoms with Gasteiger partial charge in [0, 0.05) is 23.2 Å². The number of hydrogen-bond donors (Lipinski definition) is 0. The van der Waals surface area contributed by atoms with Gasteiger partial charge in [-0.2, -0.15) is 0 Å². The fourth-order valence-corrected chi connectivity index (χ4v) is 6.12. The van der Waals surface area contributed by atoms with Crippen LogP contribution >= 0.6 is 0 Å². The molecule has 2 heterocycles. The van der Waals surface area contributed by atoms with Gasteiger partial charge in [0.2, 0.25) is 5.82 Å². The van der Waals surface area contributed by atoms with Gasteiger partial charge >= 0.3 is 0 Å². The number of benzene rings is 6. The summed E-state index contributed by atoms with van der Waals surface area (Å²) in [4.78, 5) is 4.22. The number of halogens is 5. The fraction of sp³-hybridized carbons (Fsp3) is 0. The van der Waals surface area contributed by atoms with Crippen LogP contribution in [0.1, 0.15) is 0 Å². The van der Waals surface area contributed by atoms with Crippen molar-refractivity contribution in [3.8, 4) is 16.8 Å². The molecule has 40 heavy (non-hydrogen) atoms. The molecule has 6 aromatic carbocycles. The van der Waals surface area contributed by atoms with Crippen LogP contribution < -0.4 is 0 Å². The van der Waals surface area contributed by atoms with Crippen LogP contribution in [0.4, 0.5) is 22.0 Å². The van der Waals surface area contributed by atoms with Crippen molar-refractivity contribution >= 4 is 54.1 Å². The number of nitrogens with zero attached hydrogens (tertiary/aromatic N) is 2. The maximum atomic E-state index is 15.2. The lowest BCUT2D eigenvalue weighted by atomic mass is 9.88. The maximum absolute atomic E-state index is 15.2. The molecular formula is C33H15F5N2. The minimum absolute atomic E-state index is 0.272. The standard InChI is InChI=1S/C33H15F5N2/c34-28-29(35)31(37)33(32(38)30(28)36)40-23-12-13-39-15-22(23)27-21-11-7-17-6-9-19(16-4-2-1-3-5-16)20-10-8-18(14-24(27)40)26(21)25(17)20/h1-15H. The highest BCUT2D eigenvalue weighted by atomic mass is 19.2. The molecule has 0 N–H and O–H groups in total. The molecule has 8 rings (SSSR count). The molecule has 0 aliphatic rings. The third kappa shape index (κ3) is 2.84. The van der Waals surface area contributed by atoms with Crippen LogP contribution in [-0.2, 0) is 0 Å². The normalized spacial score (nSPS) is 12.1. The van der Waals surface area contributed by atoms with E-state index in [1.54, 1.807) is 12.3 Å². The van der Waals surface area contributed by atoms with Crippen molar-refractivity contribution in [2.75, 3.05) is 0 Å². The first-order chi connectivity index (χ1) is 19.5. The summed E-state index contributed by atoms with van der Waals surface area (Å²) in [5.41, 5.74) is 1.68. The average Bonchev–Trinajstić information content (AvgIpc) is 3.32. The lowest BCUT2D eigenvalue weighted by Crippen LogP contribution is -2.09. The summed E-state index contributed by atoms with van der Waals surface area (Å²) in [6.45, 7) is 0. The zero-order valence-corrected chi connectivity index (χ0v) is 20.4. The second-order valence-corrected chi connectivity index (χ2v) is 9.82. The van der Waals surface area contributed by atoms with Gasteiger partial charge in [0.25, 0.3) is 0 Å². The summed E-state index contributed by atoms with van der Waals surface area (Å²) in [5.74, 6) is -9.99. The Labute approximate surface area is 222 Å². The van der Waals surface area contributed by atoms with E-state index >= 15 is 8.78 Å². The van der Waals surface area contributed by atoms with Crippen molar-refractivity contribution in [3.63, 3.8) is 0 Å². The van der Waals surface area contributed by atoms with E-state index in [1.807, 2.05) is 54.6 Å². The summed E-state index contributed by atoms with van der Waals surface area (Å²) in [6, 6.07) is 25.3. The molecule has 0 amide bonds. The van der Waals surface area contributed by atoms with Gasteiger partial charge < -0.3 is 4.57 Å². The van der Waals surface area contributed by atoms with Gasteiger partial charge in [-0.05, 0) is 55.6 Å². The van der Waals surface area contributed by atoms with Crippen molar-refractivity contribution in [1.82, 2.24) is 9.55 Å². The molecule has 0 atom stereocenters. The van der Waals surface area contributed by atoms with E-state index in [9.17, 15) is 13.2 Å². The van der Waals surface area contributed by atoms with Crippen LogP contribution in [0.5, 0.6) is 0 Å². The molecule has 0 saturated carbocycles. The summed E-state index contributed by atoms with van der Waals surface area (Å²) >= 11 is 0. The predicted octanol–water partition coefficient (Wildman–Crippen LogP) is 9.44. The van der Waals surface area contributed by atoms with E-state index in [-0.39, 0.29) is 5.52 Å². The quantitative estimate of drug-likeness (QED) is 0.0935. The molecule has 2 aromatic heterocycles. The maximum Gasteiger partial charge on any atom is 0.200 e. The Morgan fingerprint density at radius 1 is 0.525 bits per heavy atom. The van der Waals surface area contributed by atoms with Crippen molar-refractivity contribution in [3.05, 3.63) is 120 Å². The third-order valence-electron chi connectivity index (χ3n) is 7.81. The van der Waals surface area contributed by atoms with Gasteiger partial charge in [0.15, 0.2) is 23.3 Å². The Hall–Kier alpha value is -5.04. The van der Waals surface area contributed by atoms with E-state index < -0.39 is 34.8 Å². The molecular weight excluding hydrogens is 519 g/mol. The lowest BCUT2D eigenvalue weighted by molar-refractivity contribution is 0.376. The molecule has 2 nitrogen and oxygen atoms in total. The first-order valence-electron chi connectivity index (χ1n) is 12.5. The number of rotatable bonds is 2. The molecule has 0 saturated heterocycles. The first kappa shape index (κ1) is 22.9. The molecule has 0 bridgehead atoms. The van der Waals surface area contributed by atoms with Gasteiger partial charge in [-0.3, -0.25) is 4.98 Å². The Morgan fingerprint density at radius 2 is 1.18 bits per heavy atom. The summed E-state index contributed by atoms with van der Waals surface area (Å²) in [7, 11) is 0. The van der Waals surface area contributed by atoms with Gasteiger partial charge in [0.05, 0.1) is 11.0 Å². The molecule has 0 aliphatic carbocycles. The minimum Gasteiger partial charge on any atom is -0.304 e. The average molecular weight is 534 g/mol. The van der Waals surface area contributed by atoms with E-state index in [0.717, 1.165) is 48.0 Å². The highest BCUT2D eigenvalue weighted by Gasteiger charge is 2.29. The number of pyridine rings is 1. The third-order valence-corrected chi connectivity index (χ3v) is 7.81. The molecule has 0 unspecified atom stereocenters. The number of aromatic nitrogens is 2. The van der Waals surface area contributed by atoms with Crippen molar-refractivity contribution in [2.24, 2.45) is 0 Å². The highest BCUT2D eigenvalue weighted by molar-refractivity contribution is 6.33. The highest BCUT2D eigenvalue weighted by Crippen LogP contribution is 2.45. The Balaban J connectivity index is 1.58. The monoisotopic (exact) mass is 534 g/mol. The Morgan fingerprint density at radius 3 is 1.95 bits per heavy atom. The van der Waals surface area contributed by atoms with Crippen LogP contribution in [0, 0.1) is 29.1 Å². The van der Waals surface area contributed by atoms with Gasteiger partial charge in [-0.15, -0.1) is 0 Å². The molecule has 8 aromatic rings. The molecule has 0 spiro atoms. The second kappa shape index (κ2) is 7.99. The van der Waals surface area contributed by atoms with Gasteiger partial charge in [0.1, 0.15) is 5.69 Å². The molecule has 0 radical (unpaired) electrons. The Bertz CT molecular complexity index is 2290. The van der Waals surface area contributed by atoms with E-state index in [4.69, 9.17) is 0 Å². The number of hydrogen-bond acceptors (Lipinski definition) is 1. The molecule has 0 aliphatic heterocycles. The zero-order valence-electron chi connectivity index (χ0n) is 20.4. The fourth-order valence-electron chi connectivity index (χ4n) is 6.12. The largest absolute Gasteiger partial charge is 0.304 e. The second-order valence-electron chi connectivity index (χ2n) is 9.82. The van der Waals surface area contributed by atoms with Crippen LogP contribution in [-0.4, -0.2) is 9.55 Å². The van der Waals surface area contributed by atoms with Crippen molar-refractivity contribution in [2.45, 2.75) is 0 Å².